The molecule has 2 aromatic heterocycles. The lowest BCUT2D eigenvalue weighted by molar-refractivity contribution is -0.129. The zero-order valence-electron chi connectivity index (χ0n) is 23.2. The van der Waals surface area contributed by atoms with Crippen molar-refractivity contribution in [3.63, 3.8) is 0 Å². The molecule has 0 aliphatic carbocycles. The van der Waals surface area contributed by atoms with Crippen LogP contribution in [0.2, 0.25) is 0 Å². The molecule has 2 aliphatic heterocycles. The van der Waals surface area contributed by atoms with Crippen molar-refractivity contribution in [2.24, 2.45) is 0 Å². The van der Waals surface area contributed by atoms with Crippen LogP contribution in [0.5, 0.6) is 0 Å². The van der Waals surface area contributed by atoms with E-state index < -0.39 is 6.04 Å². The Morgan fingerprint density at radius 2 is 1.64 bits per heavy atom. The Bertz CT molecular complexity index is 1290. The third-order valence-corrected chi connectivity index (χ3v) is 7.61. The lowest BCUT2D eigenvalue weighted by Crippen LogP contribution is -2.48. The standard InChI is InChI=1S/C30H38N6O3/c1-21-7-9-25(26(17-21)35-11-5-4-6-12-35)29(27-10-8-22(2)39-27)33-28(38)18-24-19-31-30(32-20-24)36-15-13-34(14-16-36)23(3)37/h7-10,17,19-20,29H,4-6,11-16,18H2,1-3H3,(H,33,38). The first-order chi connectivity index (χ1) is 18.9. The van der Waals surface area contributed by atoms with Crippen molar-refractivity contribution in [3.8, 4) is 0 Å². The molecule has 1 atom stereocenters. The number of nitrogens with one attached hydrogen (secondary N) is 1. The summed E-state index contributed by atoms with van der Waals surface area (Å²) >= 11 is 0. The Kier molecular flexibility index (Phi) is 8.14. The maximum absolute atomic E-state index is 13.3. The summed E-state index contributed by atoms with van der Waals surface area (Å²) in [6.07, 6.45) is 7.20. The van der Waals surface area contributed by atoms with Gasteiger partial charge in [0, 0.05) is 69.8 Å². The molecule has 1 unspecified atom stereocenters. The molecule has 9 heteroatoms. The van der Waals surface area contributed by atoms with Crippen LogP contribution >= 0.6 is 0 Å². The molecule has 206 valence electrons. The summed E-state index contributed by atoms with van der Waals surface area (Å²) in [5.41, 5.74) is 4.14. The van der Waals surface area contributed by atoms with E-state index in [9.17, 15) is 9.59 Å². The Morgan fingerprint density at radius 1 is 0.923 bits per heavy atom. The van der Waals surface area contributed by atoms with Gasteiger partial charge < -0.3 is 24.4 Å². The molecular weight excluding hydrogens is 492 g/mol. The maximum Gasteiger partial charge on any atom is 0.225 e. The van der Waals surface area contributed by atoms with Crippen LogP contribution in [-0.4, -0.2) is 66.0 Å². The van der Waals surface area contributed by atoms with Crippen molar-refractivity contribution in [1.82, 2.24) is 20.2 Å². The van der Waals surface area contributed by atoms with Gasteiger partial charge in [-0.3, -0.25) is 9.59 Å². The molecule has 3 aromatic rings. The predicted octanol–water partition coefficient (Wildman–Crippen LogP) is 3.79. The molecule has 5 rings (SSSR count). The second-order valence-corrected chi connectivity index (χ2v) is 10.6. The normalized spacial score (nSPS) is 16.7. The number of carbonyl (C=O) groups is 2. The van der Waals surface area contributed by atoms with Crippen LogP contribution in [0.3, 0.4) is 0 Å². The average molecular weight is 531 g/mol. The molecule has 2 saturated heterocycles. The van der Waals surface area contributed by atoms with Gasteiger partial charge >= 0.3 is 0 Å². The summed E-state index contributed by atoms with van der Waals surface area (Å²) in [4.78, 5) is 40.3. The number of rotatable bonds is 7. The number of piperazine rings is 1. The molecule has 2 amide bonds. The summed E-state index contributed by atoms with van der Waals surface area (Å²) in [5.74, 6) is 2.12. The molecule has 1 N–H and O–H groups in total. The van der Waals surface area contributed by atoms with Gasteiger partial charge in [0.15, 0.2) is 0 Å². The lowest BCUT2D eigenvalue weighted by atomic mass is 9.97. The third kappa shape index (κ3) is 6.41. The highest BCUT2D eigenvalue weighted by Crippen LogP contribution is 2.34. The molecule has 0 bridgehead atoms. The zero-order valence-corrected chi connectivity index (χ0v) is 23.2. The van der Waals surface area contributed by atoms with E-state index in [1.165, 1.54) is 24.8 Å². The van der Waals surface area contributed by atoms with Crippen molar-refractivity contribution in [1.29, 1.82) is 0 Å². The Labute approximate surface area is 230 Å². The molecule has 9 nitrogen and oxygen atoms in total. The summed E-state index contributed by atoms with van der Waals surface area (Å²) in [6, 6.07) is 9.92. The second kappa shape index (κ2) is 11.9. The van der Waals surface area contributed by atoms with Gasteiger partial charge in [0.1, 0.15) is 17.6 Å². The van der Waals surface area contributed by atoms with Gasteiger partial charge in [-0.05, 0) is 62.4 Å². The van der Waals surface area contributed by atoms with Gasteiger partial charge in [0.25, 0.3) is 0 Å². The SMILES string of the molecule is CC(=O)N1CCN(c2ncc(CC(=O)NC(c3ccc(C)o3)c3ccc(C)cc3N3CCCCC3)cn2)CC1. The van der Waals surface area contributed by atoms with Crippen LogP contribution < -0.4 is 15.1 Å². The van der Waals surface area contributed by atoms with Gasteiger partial charge in [0.2, 0.25) is 17.8 Å². The number of amides is 2. The van der Waals surface area contributed by atoms with Crippen molar-refractivity contribution >= 4 is 23.5 Å². The molecule has 2 fully saturated rings. The van der Waals surface area contributed by atoms with Crippen LogP contribution in [0.4, 0.5) is 11.6 Å². The molecule has 1 aromatic carbocycles. The number of nitrogens with zero attached hydrogens (tertiary/aromatic N) is 5. The number of anilines is 2. The molecule has 0 spiro atoms. The van der Waals surface area contributed by atoms with Crippen molar-refractivity contribution in [2.75, 3.05) is 49.1 Å². The van der Waals surface area contributed by atoms with Gasteiger partial charge in [-0.1, -0.05) is 12.1 Å². The van der Waals surface area contributed by atoms with E-state index in [2.05, 4.69) is 50.2 Å². The first kappa shape index (κ1) is 26.7. The number of furan rings is 1. The second-order valence-electron chi connectivity index (χ2n) is 10.6. The van der Waals surface area contributed by atoms with E-state index in [0.29, 0.717) is 32.1 Å². The molecule has 2 aliphatic rings. The molecule has 0 saturated carbocycles. The lowest BCUT2D eigenvalue weighted by Gasteiger charge is -2.34. The highest BCUT2D eigenvalue weighted by Gasteiger charge is 2.26. The molecule has 39 heavy (non-hydrogen) atoms. The van der Waals surface area contributed by atoms with Gasteiger partial charge in [-0.2, -0.15) is 0 Å². The van der Waals surface area contributed by atoms with E-state index in [-0.39, 0.29) is 18.2 Å². The van der Waals surface area contributed by atoms with E-state index in [4.69, 9.17) is 4.42 Å². The molecular formula is C30H38N6O3. The predicted molar refractivity (Wildman–Crippen MR) is 151 cm³/mol. The molecule has 0 radical (unpaired) electrons. The maximum atomic E-state index is 13.3. The topological polar surface area (TPSA) is 94.8 Å². The summed E-state index contributed by atoms with van der Waals surface area (Å²) in [5, 5.41) is 3.24. The number of benzene rings is 1. The molecule has 4 heterocycles. The third-order valence-electron chi connectivity index (χ3n) is 7.61. The van der Waals surface area contributed by atoms with Crippen LogP contribution in [0, 0.1) is 13.8 Å². The fourth-order valence-electron chi connectivity index (χ4n) is 5.44. The van der Waals surface area contributed by atoms with E-state index in [1.54, 1.807) is 19.3 Å². The number of aromatic nitrogens is 2. The highest BCUT2D eigenvalue weighted by atomic mass is 16.3. The number of hydrogen-bond acceptors (Lipinski definition) is 7. The van der Waals surface area contributed by atoms with E-state index >= 15 is 0 Å². The van der Waals surface area contributed by atoms with Crippen molar-refractivity contribution in [2.45, 2.75) is 52.5 Å². The van der Waals surface area contributed by atoms with Crippen molar-refractivity contribution in [3.05, 3.63) is 70.9 Å². The number of aryl methyl sites for hydroxylation is 2. The Hall–Kier alpha value is -3.88. The van der Waals surface area contributed by atoms with Crippen molar-refractivity contribution < 1.29 is 14.0 Å². The Morgan fingerprint density at radius 3 is 2.28 bits per heavy atom. The number of carbonyl (C=O) groups excluding carboxylic acids is 2. The summed E-state index contributed by atoms with van der Waals surface area (Å²) < 4.78 is 6.04. The van der Waals surface area contributed by atoms with Crippen LogP contribution in [0.25, 0.3) is 0 Å². The number of hydrogen-bond donors (Lipinski definition) is 1. The van der Waals surface area contributed by atoms with Gasteiger partial charge in [0.05, 0.1) is 6.42 Å². The van der Waals surface area contributed by atoms with E-state index in [1.807, 2.05) is 24.0 Å². The minimum Gasteiger partial charge on any atom is -0.464 e. The highest BCUT2D eigenvalue weighted by molar-refractivity contribution is 5.80. The fraction of sp³-hybridized carbons (Fsp3) is 0.467. The quantitative estimate of drug-likeness (QED) is 0.497. The fourth-order valence-corrected chi connectivity index (χ4v) is 5.44. The minimum absolute atomic E-state index is 0.0913. The van der Waals surface area contributed by atoms with E-state index in [0.717, 1.165) is 41.4 Å². The summed E-state index contributed by atoms with van der Waals surface area (Å²) in [7, 11) is 0. The van der Waals surface area contributed by atoms with Crippen LogP contribution in [0.15, 0.2) is 47.1 Å². The Balaban J connectivity index is 1.31. The summed E-state index contributed by atoms with van der Waals surface area (Å²) in [6.45, 7) is 10.4. The van der Waals surface area contributed by atoms with Crippen LogP contribution in [-0.2, 0) is 16.0 Å². The minimum atomic E-state index is -0.401. The monoisotopic (exact) mass is 530 g/mol. The smallest absolute Gasteiger partial charge is 0.225 e. The average Bonchev–Trinajstić information content (AvgIpc) is 3.38. The first-order valence-electron chi connectivity index (χ1n) is 13.9. The number of piperidine rings is 1. The van der Waals surface area contributed by atoms with Gasteiger partial charge in [-0.25, -0.2) is 9.97 Å². The van der Waals surface area contributed by atoms with Crippen LogP contribution in [0.1, 0.15) is 60.4 Å². The zero-order chi connectivity index (χ0) is 27.4. The van der Waals surface area contributed by atoms with Gasteiger partial charge in [-0.15, -0.1) is 0 Å². The largest absolute Gasteiger partial charge is 0.464 e. The first-order valence-corrected chi connectivity index (χ1v) is 13.9.